The van der Waals surface area contributed by atoms with Crippen LogP contribution in [0.1, 0.15) is 20.8 Å². The Morgan fingerprint density at radius 1 is 1.40 bits per heavy atom. The van der Waals surface area contributed by atoms with Crippen molar-refractivity contribution in [2.45, 2.75) is 26.4 Å². The fourth-order valence-corrected chi connectivity index (χ4v) is 1.53. The van der Waals surface area contributed by atoms with Gasteiger partial charge in [0.15, 0.2) is 0 Å². The molecule has 3 nitrogen and oxygen atoms in total. The van der Waals surface area contributed by atoms with Gasteiger partial charge >= 0.3 is 6.09 Å². The number of nitrogens with one attached hydrogen (secondary N) is 1. The minimum absolute atomic E-state index is 0.426. The van der Waals surface area contributed by atoms with E-state index in [4.69, 9.17) is 4.74 Å². The van der Waals surface area contributed by atoms with Crippen LogP contribution in [0.15, 0.2) is 24.3 Å². The van der Waals surface area contributed by atoms with E-state index < -0.39 is 11.7 Å². The van der Waals surface area contributed by atoms with E-state index in [0.29, 0.717) is 0 Å². The third kappa shape index (κ3) is 5.01. The van der Waals surface area contributed by atoms with Gasteiger partial charge in [-0.05, 0) is 61.6 Å². The van der Waals surface area contributed by atoms with E-state index >= 15 is 0 Å². The first kappa shape index (κ1) is 12.3. The summed E-state index contributed by atoms with van der Waals surface area (Å²) in [4.78, 5) is 11.4. The predicted molar refractivity (Wildman–Crippen MR) is 69.0 cm³/mol. The topological polar surface area (TPSA) is 38.3 Å². The molecule has 82 valence electrons. The molecule has 1 aromatic carbocycles. The van der Waals surface area contributed by atoms with Gasteiger partial charge in [0.25, 0.3) is 0 Å². The van der Waals surface area contributed by atoms with Gasteiger partial charge in [-0.1, -0.05) is 6.07 Å². The standard InChI is InChI=1S/C11H14INO2/c1-11(2,3)15-10(14)13-9-6-4-5-8(12)7-9/h4-7H,1-3H3,(H,13,14). The molecule has 1 amide bonds. The zero-order valence-corrected chi connectivity index (χ0v) is 11.2. The van der Waals surface area contributed by atoms with Crippen LogP contribution in [0.5, 0.6) is 0 Å². The number of halogens is 1. The normalized spacial score (nSPS) is 10.9. The van der Waals surface area contributed by atoms with Gasteiger partial charge < -0.3 is 4.74 Å². The molecule has 0 spiro atoms. The zero-order valence-electron chi connectivity index (χ0n) is 9.00. The summed E-state index contributed by atoms with van der Waals surface area (Å²) < 4.78 is 6.20. The van der Waals surface area contributed by atoms with Gasteiger partial charge in [-0.2, -0.15) is 0 Å². The molecule has 0 fully saturated rings. The summed E-state index contributed by atoms with van der Waals surface area (Å²) in [6, 6.07) is 7.55. The van der Waals surface area contributed by atoms with E-state index in [1.54, 1.807) is 0 Å². The number of hydrogen-bond donors (Lipinski definition) is 1. The van der Waals surface area contributed by atoms with Gasteiger partial charge in [0.2, 0.25) is 0 Å². The van der Waals surface area contributed by atoms with Crippen molar-refractivity contribution in [2.24, 2.45) is 0 Å². The monoisotopic (exact) mass is 319 g/mol. The van der Waals surface area contributed by atoms with Crippen molar-refractivity contribution in [1.82, 2.24) is 0 Å². The second-order valence-corrected chi connectivity index (χ2v) is 5.38. The van der Waals surface area contributed by atoms with Crippen molar-refractivity contribution in [3.8, 4) is 0 Å². The van der Waals surface area contributed by atoms with Crippen LogP contribution >= 0.6 is 22.6 Å². The number of ether oxygens (including phenoxy) is 1. The number of rotatable bonds is 1. The van der Waals surface area contributed by atoms with Gasteiger partial charge in [-0.15, -0.1) is 0 Å². The third-order valence-corrected chi connectivity index (χ3v) is 2.14. The molecule has 1 rings (SSSR count). The minimum atomic E-state index is -0.466. The van der Waals surface area contributed by atoms with Crippen LogP contribution in [0, 0.1) is 3.57 Å². The number of hydrogen-bond acceptors (Lipinski definition) is 2. The highest BCUT2D eigenvalue weighted by Gasteiger charge is 2.15. The molecule has 0 aromatic heterocycles. The Morgan fingerprint density at radius 2 is 2.07 bits per heavy atom. The highest BCUT2D eigenvalue weighted by atomic mass is 127. The van der Waals surface area contributed by atoms with Crippen LogP contribution in [0.4, 0.5) is 10.5 Å². The minimum Gasteiger partial charge on any atom is -0.444 e. The van der Waals surface area contributed by atoms with Crippen molar-refractivity contribution in [3.63, 3.8) is 0 Å². The van der Waals surface area contributed by atoms with Crippen molar-refractivity contribution >= 4 is 34.4 Å². The summed E-state index contributed by atoms with van der Waals surface area (Å²) in [6.45, 7) is 5.50. The van der Waals surface area contributed by atoms with Crippen LogP contribution in [0.3, 0.4) is 0 Å². The van der Waals surface area contributed by atoms with Crippen LogP contribution in [0.2, 0.25) is 0 Å². The summed E-state index contributed by atoms with van der Waals surface area (Å²) >= 11 is 2.19. The number of anilines is 1. The summed E-state index contributed by atoms with van der Waals surface area (Å²) in [5.74, 6) is 0. The Kier molecular flexibility index (Phi) is 3.96. The Bertz CT molecular complexity index is 358. The molecule has 0 saturated heterocycles. The molecule has 0 atom stereocenters. The molecule has 0 aliphatic heterocycles. The molecule has 0 saturated carbocycles. The van der Waals surface area contributed by atoms with Gasteiger partial charge in [0.1, 0.15) is 5.60 Å². The second kappa shape index (κ2) is 4.83. The van der Waals surface area contributed by atoms with E-state index in [-0.39, 0.29) is 0 Å². The number of carbonyl (C=O) groups is 1. The van der Waals surface area contributed by atoms with Crippen LogP contribution in [0.25, 0.3) is 0 Å². The van der Waals surface area contributed by atoms with E-state index in [1.807, 2.05) is 45.0 Å². The number of benzene rings is 1. The molecule has 0 aliphatic rings. The summed E-state index contributed by atoms with van der Waals surface area (Å²) in [6.07, 6.45) is -0.426. The lowest BCUT2D eigenvalue weighted by Gasteiger charge is -2.19. The van der Waals surface area contributed by atoms with E-state index in [2.05, 4.69) is 27.9 Å². The van der Waals surface area contributed by atoms with Crippen molar-refractivity contribution in [1.29, 1.82) is 0 Å². The molecular weight excluding hydrogens is 305 g/mol. The van der Waals surface area contributed by atoms with Gasteiger partial charge in [-0.3, -0.25) is 5.32 Å². The van der Waals surface area contributed by atoms with Gasteiger partial charge in [0, 0.05) is 9.26 Å². The van der Waals surface area contributed by atoms with Crippen molar-refractivity contribution in [3.05, 3.63) is 27.8 Å². The first-order chi connectivity index (χ1) is 6.87. The lowest BCUT2D eigenvalue weighted by molar-refractivity contribution is 0.0636. The SMILES string of the molecule is CC(C)(C)OC(=O)Nc1cccc(I)c1. The molecule has 0 bridgehead atoms. The second-order valence-electron chi connectivity index (χ2n) is 4.14. The molecule has 0 radical (unpaired) electrons. The van der Waals surface area contributed by atoms with Crippen LogP contribution in [-0.2, 0) is 4.74 Å². The predicted octanol–water partition coefficient (Wildman–Crippen LogP) is 3.64. The van der Waals surface area contributed by atoms with E-state index in [0.717, 1.165) is 9.26 Å². The quantitative estimate of drug-likeness (QED) is 0.803. The maximum absolute atomic E-state index is 11.4. The van der Waals surface area contributed by atoms with Gasteiger partial charge in [0.05, 0.1) is 0 Å². The average molecular weight is 319 g/mol. The Labute approximate surface area is 103 Å². The molecule has 15 heavy (non-hydrogen) atoms. The molecule has 0 heterocycles. The van der Waals surface area contributed by atoms with E-state index in [9.17, 15) is 4.79 Å². The Balaban J connectivity index is 2.59. The largest absolute Gasteiger partial charge is 0.444 e. The maximum atomic E-state index is 11.4. The highest BCUT2D eigenvalue weighted by Crippen LogP contribution is 2.14. The average Bonchev–Trinajstić information content (AvgIpc) is 1.99. The highest BCUT2D eigenvalue weighted by molar-refractivity contribution is 14.1. The fraction of sp³-hybridized carbons (Fsp3) is 0.364. The Hall–Kier alpha value is -0.780. The molecule has 0 aliphatic carbocycles. The third-order valence-electron chi connectivity index (χ3n) is 1.47. The van der Waals surface area contributed by atoms with Crippen molar-refractivity contribution < 1.29 is 9.53 Å². The Morgan fingerprint density at radius 3 is 2.60 bits per heavy atom. The summed E-state index contributed by atoms with van der Waals surface area (Å²) in [7, 11) is 0. The van der Waals surface area contributed by atoms with Crippen LogP contribution in [-0.4, -0.2) is 11.7 Å². The fourth-order valence-electron chi connectivity index (χ4n) is 0.988. The summed E-state index contributed by atoms with van der Waals surface area (Å²) in [5, 5.41) is 2.67. The van der Waals surface area contributed by atoms with Crippen molar-refractivity contribution in [2.75, 3.05) is 5.32 Å². The number of amides is 1. The molecule has 1 aromatic rings. The maximum Gasteiger partial charge on any atom is 0.412 e. The van der Waals surface area contributed by atoms with Crippen LogP contribution < -0.4 is 5.32 Å². The number of carbonyl (C=O) groups excluding carboxylic acids is 1. The molecule has 0 unspecified atom stereocenters. The summed E-state index contributed by atoms with van der Waals surface area (Å²) in [5.41, 5.74) is 0.280. The first-order valence-electron chi connectivity index (χ1n) is 4.62. The smallest absolute Gasteiger partial charge is 0.412 e. The van der Waals surface area contributed by atoms with E-state index in [1.165, 1.54) is 0 Å². The zero-order chi connectivity index (χ0) is 11.5. The molecular formula is C11H14INO2. The lowest BCUT2D eigenvalue weighted by Crippen LogP contribution is -2.27. The lowest BCUT2D eigenvalue weighted by atomic mass is 10.2. The molecule has 4 heteroatoms. The molecule has 1 N–H and O–H groups in total. The first-order valence-corrected chi connectivity index (χ1v) is 5.70. The van der Waals surface area contributed by atoms with Gasteiger partial charge in [-0.25, -0.2) is 4.79 Å².